The van der Waals surface area contributed by atoms with Crippen LogP contribution in [0.1, 0.15) is 5.69 Å². The number of nitro groups is 1. The van der Waals surface area contributed by atoms with Crippen LogP contribution in [0, 0.1) is 33.1 Å². The third kappa shape index (κ3) is 2.84. The summed E-state index contributed by atoms with van der Waals surface area (Å²) >= 11 is 0. The van der Waals surface area contributed by atoms with Crippen LogP contribution in [0.5, 0.6) is 0 Å². The minimum Gasteiger partial charge on any atom is -0.340 e. The van der Waals surface area contributed by atoms with Gasteiger partial charge in [0.05, 0.1) is 4.92 Å². The Morgan fingerprint density at radius 3 is 2.45 bits per heavy atom. The van der Waals surface area contributed by atoms with E-state index in [0.29, 0.717) is 6.07 Å². The summed E-state index contributed by atoms with van der Waals surface area (Å²) in [5.74, 6) is -1.50. The third-order valence-electron chi connectivity index (χ3n) is 2.31. The molecule has 1 aromatic carbocycles. The Balaban J connectivity index is 2.35. The number of hydrogen-bond donors (Lipinski definition) is 1. The molecule has 6 nitrogen and oxygen atoms in total. The van der Waals surface area contributed by atoms with E-state index in [1.165, 1.54) is 6.07 Å². The van der Waals surface area contributed by atoms with E-state index in [1.54, 1.807) is 6.07 Å². The maximum Gasteiger partial charge on any atom is 0.305 e. The van der Waals surface area contributed by atoms with Crippen molar-refractivity contribution in [2.45, 2.75) is 0 Å². The lowest BCUT2D eigenvalue weighted by atomic mass is 10.2. The topological polar surface area (TPSA) is 91.8 Å². The second kappa shape index (κ2) is 5.27. The van der Waals surface area contributed by atoms with Crippen molar-refractivity contribution < 1.29 is 13.7 Å². The van der Waals surface area contributed by atoms with Crippen molar-refractivity contribution in [3.05, 3.63) is 57.8 Å². The number of nitriles is 1. The Hall–Kier alpha value is -3.08. The van der Waals surface area contributed by atoms with Gasteiger partial charge in [0, 0.05) is 17.8 Å². The second-order valence-electron chi connectivity index (χ2n) is 3.72. The lowest BCUT2D eigenvalue weighted by Gasteiger charge is -2.06. The van der Waals surface area contributed by atoms with Crippen LogP contribution in [-0.4, -0.2) is 9.91 Å². The fraction of sp³-hybridized carbons (Fsp3) is 0. The average molecular weight is 276 g/mol. The molecule has 0 aliphatic rings. The van der Waals surface area contributed by atoms with E-state index in [0.717, 1.165) is 18.2 Å². The van der Waals surface area contributed by atoms with Crippen LogP contribution in [0.25, 0.3) is 0 Å². The van der Waals surface area contributed by atoms with Crippen LogP contribution >= 0.6 is 0 Å². The Morgan fingerprint density at radius 2 is 1.90 bits per heavy atom. The Labute approximate surface area is 111 Å². The van der Waals surface area contributed by atoms with Crippen LogP contribution in [0.4, 0.5) is 26.0 Å². The van der Waals surface area contributed by atoms with Gasteiger partial charge in [0.2, 0.25) is 5.69 Å². The molecule has 0 aliphatic carbocycles. The number of pyridine rings is 1. The summed E-state index contributed by atoms with van der Waals surface area (Å²) in [5, 5.41) is 22.0. The SMILES string of the molecule is N#Cc1nc(Nc2cc(F)cc(F)c2)ccc1[N+](=O)[O-]. The van der Waals surface area contributed by atoms with Gasteiger partial charge in [-0.2, -0.15) is 5.26 Å². The molecule has 1 N–H and O–H groups in total. The number of nitrogens with one attached hydrogen (secondary N) is 1. The molecule has 1 aromatic heterocycles. The molecular formula is C12H6F2N4O2. The second-order valence-corrected chi connectivity index (χ2v) is 3.72. The van der Waals surface area contributed by atoms with Gasteiger partial charge in [0.1, 0.15) is 23.5 Å². The van der Waals surface area contributed by atoms with Crippen LogP contribution < -0.4 is 5.32 Å². The predicted molar refractivity (Wildman–Crippen MR) is 65.2 cm³/mol. The van der Waals surface area contributed by atoms with Crippen molar-refractivity contribution in [3.8, 4) is 6.07 Å². The highest BCUT2D eigenvalue weighted by atomic mass is 19.1. The zero-order chi connectivity index (χ0) is 14.7. The van der Waals surface area contributed by atoms with Gasteiger partial charge < -0.3 is 5.32 Å². The smallest absolute Gasteiger partial charge is 0.305 e. The maximum atomic E-state index is 13.0. The van der Waals surface area contributed by atoms with Crippen molar-refractivity contribution in [2.24, 2.45) is 0 Å². The summed E-state index contributed by atoms with van der Waals surface area (Å²) in [5.41, 5.74) is -0.756. The molecule has 2 rings (SSSR count). The molecule has 0 amide bonds. The van der Waals surface area contributed by atoms with Crippen molar-refractivity contribution in [2.75, 3.05) is 5.32 Å². The molecular weight excluding hydrogens is 270 g/mol. The minimum absolute atomic E-state index is 0.0668. The fourth-order valence-electron chi connectivity index (χ4n) is 1.52. The minimum atomic E-state index is -0.782. The van der Waals surface area contributed by atoms with E-state index in [1.807, 2.05) is 0 Å². The van der Waals surface area contributed by atoms with Crippen molar-refractivity contribution in [1.29, 1.82) is 5.26 Å². The molecule has 2 aromatic rings. The zero-order valence-corrected chi connectivity index (χ0v) is 9.80. The largest absolute Gasteiger partial charge is 0.340 e. The molecule has 100 valence electrons. The van der Waals surface area contributed by atoms with Crippen LogP contribution in [0.15, 0.2) is 30.3 Å². The fourth-order valence-corrected chi connectivity index (χ4v) is 1.52. The molecule has 20 heavy (non-hydrogen) atoms. The summed E-state index contributed by atoms with van der Waals surface area (Å²) in [7, 11) is 0. The lowest BCUT2D eigenvalue weighted by molar-refractivity contribution is -0.385. The molecule has 0 fully saturated rings. The third-order valence-corrected chi connectivity index (χ3v) is 2.31. The molecule has 0 bridgehead atoms. The number of halogens is 2. The van der Waals surface area contributed by atoms with Gasteiger partial charge in [-0.1, -0.05) is 0 Å². The van der Waals surface area contributed by atoms with E-state index in [9.17, 15) is 18.9 Å². The van der Waals surface area contributed by atoms with Gasteiger partial charge >= 0.3 is 5.69 Å². The quantitative estimate of drug-likeness (QED) is 0.687. The van der Waals surface area contributed by atoms with Gasteiger partial charge in [0.25, 0.3) is 0 Å². The first kappa shape index (κ1) is 13.4. The van der Waals surface area contributed by atoms with Crippen LogP contribution in [0.3, 0.4) is 0 Å². The number of hydrogen-bond acceptors (Lipinski definition) is 5. The molecule has 0 saturated carbocycles. The van der Waals surface area contributed by atoms with Crippen LogP contribution in [-0.2, 0) is 0 Å². The van der Waals surface area contributed by atoms with Gasteiger partial charge in [-0.3, -0.25) is 10.1 Å². The Bertz CT molecular complexity index is 708. The highest BCUT2D eigenvalue weighted by Gasteiger charge is 2.15. The van der Waals surface area contributed by atoms with Gasteiger partial charge in [-0.25, -0.2) is 13.8 Å². The number of benzene rings is 1. The first-order valence-corrected chi connectivity index (χ1v) is 5.28. The van der Waals surface area contributed by atoms with E-state index in [2.05, 4.69) is 10.3 Å². The van der Waals surface area contributed by atoms with Gasteiger partial charge in [-0.15, -0.1) is 0 Å². The van der Waals surface area contributed by atoms with Gasteiger partial charge in [-0.05, 0) is 18.2 Å². The molecule has 0 saturated heterocycles. The van der Waals surface area contributed by atoms with E-state index in [-0.39, 0.29) is 11.5 Å². The summed E-state index contributed by atoms with van der Waals surface area (Å²) in [4.78, 5) is 13.6. The Morgan fingerprint density at radius 1 is 1.25 bits per heavy atom. The summed E-state index contributed by atoms with van der Waals surface area (Å²) in [6.45, 7) is 0. The monoisotopic (exact) mass is 276 g/mol. The number of nitrogens with zero attached hydrogens (tertiary/aromatic N) is 3. The molecule has 0 spiro atoms. The first-order chi connectivity index (χ1) is 9.49. The van der Waals surface area contributed by atoms with E-state index >= 15 is 0 Å². The van der Waals surface area contributed by atoms with Crippen molar-refractivity contribution in [3.63, 3.8) is 0 Å². The molecule has 8 heteroatoms. The zero-order valence-electron chi connectivity index (χ0n) is 9.80. The molecule has 0 aliphatic heterocycles. The van der Waals surface area contributed by atoms with Crippen molar-refractivity contribution >= 4 is 17.2 Å². The van der Waals surface area contributed by atoms with E-state index in [4.69, 9.17) is 5.26 Å². The standard InChI is InChI=1S/C12H6F2N4O2/c13-7-3-8(14)5-9(4-7)16-12-2-1-11(18(19)20)10(6-15)17-12/h1-5H,(H,16,17). The molecule has 1 heterocycles. The highest BCUT2D eigenvalue weighted by molar-refractivity contribution is 5.59. The van der Waals surface area contributed by atoms with E-state index < -0.39 is 27.9 Å². The Kier molecular flexibility index (Phi) is 3.52. The molecule has 0 atom stereocenters. The summed E-state index contributed by atoms with van der Waals surface area (Å²) in [6, 6.07) is 6.67. The number of anilines is 2. The van der Waals surface area contributed by atoms with Crippen LogP contribution in [0.2, 0.25) is 0 Å². The van der Waals surface area contributed by atoms with Crippen molar-refractivity contribution in [1.82, 2.24) is 4.98 Å². The summed E-state index contributed by atoms with van der Waals surface area (Å²) < 4.78 is 26.0. The first-order valence-electron chi connectivity index (χ1n) is 5.28. The lowest BCUT2D eigenvalue weighted by Crippen LogP contribution is -2.00. The normalized spacial score (nSPS) is 9.85. The maximum absolute atomic E-state index is 13.0. The average Bonchev–Trinajstić information content (AvgIpc) is 2.37. The number of aromatic nitrogens is 1. The molecule has 0 unspecified atom stereocenters. The number of rotatable bonds is 3. The van der Waals surface area contributed by atoms with Gasteiger partial charge in [0.15, 0.2) is 0 Å². The molecule has 0 radical (unpaired) electrons. The summed E-state index contributed by atoms with van der Waals surface area (Å²) in [6.07, 6.45) is 0. The predicted octanol–water partition coefficient (Wildman–Crippen LogP) is 2.88. The highest BCUT2D eigenvalue weighted by Crippen LogP contribution is 2.22.